The van der Waals surface area contributed by atoms with Gasteiger partial charge in [-0.25, -0.2) is 0 Å². The van der Waals surface area contributed by atoms with E-state index in [0.717, 1.165) is 5.75 Å². The molecule has 0 saturated heterocycles. The first-order valence-electron chi connectivity index (χ1n) is 4.03. The van der Waals surface area contributed by atoms with Gasteiger partial charge in [-0.05, 0) is 11.8 Å². The molecule has 0 aromatic heterocycles. The number of aliphatic hydroxyl groups is 1. The van der Waals surface area contributed by atoms with E-state index in [2.05, 4.69) is 18.4 Å². The summed E-state index contributed by atoms with van der Waals surface area (Å²) in [7, 11) is 0. The molecule has 0 fully saturated rings. The lowest BCUT2D eigenvalue weighted by Gasteiger charge is -2.12. The van der Waals surface area contributed by atoms with Crippen LogP contribution in [0.5, 0.6) is 0 Å². The third kappa shape index (κ3) is 2.54. The van der Waals surface area contributed by atoms with Crippen LogP contribution in [-0.2, 0) is 0 Å². The molecule has 1 rings (SSSR count). The summed E-state index contributed by atoms with van der Waals surface area (Å²) < 4.78 is 0. The summed E-state index contributed by atoms with van der Waals surface area (Å²) >= 11 is 1.77. The lowest BCUT2D eigenvalue weighted by Crippen LogP contribution is -2.06. The Morgan fingerprint density at radius 2 is 2.00 bits per heavy atom. The molecule has 1 nitrogen and oxygen atoms in total. The van der Waals surface area contributed by atoms with E-state index in [1.165, 1.54) is 5.56 Å². The van der Waals surface area contributed by atoms with Crippen molar-refractivity contribution in [1.82, 2.24) is 0 Å². The average Bonchev–Trinajstić information content (AvgIpc) is 2.15. The van der Waals surface area contributed by atoms with Crippen molar-refractivity contribution >= 4 is 11.8 Å². The van der Waals surface area contributed by atoms with Gasteiger partial charge < -0.3 is 5.11 Å². The highest BCUT2D eigenvalue weighted by Gasteiger charge is 2.07. The van der Waals surface area contributed by atoms with Gasteiger partial charge in [-0.1, -0.05) is 30.3 Å². The summed E-state index contributed by atoms with van der Waals surface area (Å²) in [6.45, 7) is 0.241. The minimum absolute atomic E-state index is 0.241. The third-order valence-corrected chi connectivity index (χ3v) is 2.59. The smallest absolute Gasteiger partial charge is 0.0507 e. The van der Waals surface area contributed by atoms with E-state index in [-0.39, 0.29) is 6.61 Å². The molecule has 0 radical (unpaired) electrons. The molecule has 1 aromatic carbocycles. The van der Waals surface area contributed by atoms with Crippen LogP contribution in [0.4, 0.5) is 0 Å². The number of thioether (sulfide) groups is 1. The second-order valence-corrected chi connectivity index (χ2v) is 3.66. The molecule has 66 valence electrons. The predicted octanol–water partition coefficient (Wildman–Crippen LogP) is 2.13. The molecule has 0 aliphatic heterocycles. The maximum atomic E-state index is 9.10. The van der Waals surface area contributed by atoms with Gasteiger partial charge in [0.1, 0.15) is 0 Å². The summed E-state index contributed by atoms with van der Waals surface area (Å²) in [5.41, 5.74) is 1.23. The van der Waals surface area contributed by atoms with E-state index in [4.69, 9.17) is 5.11 Å². The number of benzene rings is 1. The highest BCUT2D eigenvalue weighted by molar-refractivity contribution is 7.98. The Morgan fingerprint density at radius 3 is 2.50 bits per heavy atom. The van der Waals surface area contributed by atoms with Crippen LogP contribution in [0.1, 0.15) is 11.5 Å². The Kier molecular flexibility index (Phi) is 4.19. The first-order valence-corrected chi connectivity index (χ1v) is 5.42. The number of hydrogen-bond donors (Lipinski definition) is 1. The van der Waals surface area contributed by atoms with Gasteiger partial charge in [0.25, 0.3) is 0 Å². The van der Waals surface area contributed by atoms with Crippen molar-refractivity contribution < 1.29 is 5.11 Å². The molecular weight excluding hydrogens is 168 g/mol. The molecule has 0 heterocycles. The zero-order valence-electron chi connectivity index (χ0n) is 7.23. The van der Waals surface area contributed by atoms with Crippen LogP contribution in [-0.4, -0.2) is 23.7 Å². The SMILES string of the molecule is CSCC(CO)c1ccccc1. The molecule has 12 heavy (non-hydrogen) atoms. The average molecular weight is 182 g/mol. The summed E-state index contributed by atoms with van der Waals surface area (Å²) in [6, 6.07) is 10.2. The van der Waals surface area contributed by atoms with Crippen LogP contribution in [0.2, 0.25) is 0 Å². The maximum absolute atomic E-state index is 9.10. The van der Waals surface area contributed by atoms with Crippen molar-refractivity contribution in [2.45, 2.75) is 5.92 Å². The molecule has 0 spiro atoms. The van der Waals surface area contributed by atoms with Crippen LogP contribution >= 0.6 is 11.8 Å². The third-order valence-electron chi connectivity index (χ3n) is 1.86. The van der Waals surface area contributed by atoms with E-state index in [0.29, 0.717) is 5.92 Å². The lowest BCUT2D eigenvalue weighted by molar-refractivity contribution is 0.275. The summed E-state index contributed by atoms with van der Waals surface area (Å²) in [5.74, 6) is 1.28. The number of hydrogen-bond acceptors (Lipinski definition) is 2. The largest absolute Gasteiger partial charge is 0.396 e. The zero-order chi connectivity index (χ0) is 8.81. The van der Waals surface area contributed by atoms with Gasteiger partial charge in [0.2, 0.25) is 0 Å². The molecule has 0 amide bonds. The van der Waals surface area contributed by atoms with Gasteiger partial charge in [-0.3, -0.25) is 0 Å². The van der Waals surface area contributed by atoms with Crippen molar-refractivity contribution in [3.05, 3.63) is 35.9 Å². The van der Waals surface area contributed by atoms with Crippen molar-refractivity contribution in [1.29, 1.82) is 0 Å². The summed E-state index contributed by atoms with van der Waals surface area (Å²) in [5, 5.41) is 9.10. The zero-order valence-corrected chi connectivity index (χ0v) is 8.05. The lowest BCUT2D eigenvalue weighted by atomic mass is 10.0. The Balaban J connectivity index is 2.66. The topological polar surface area (TPSA) is 20.2 Å². The molecule has 0 bridgehead atoms. The molecule has 1 aromatic rings. The van der Waals surface area contributed by atoms with Crippen LogP contribution in [0.15, 0.2) is 30.3 Å². The van der Waals surface area contributed by atoms with Gasteiger partial charge in [-0.2, -0.15) is 11.8 Å². The standard InChI is InChI=1S/C10H14OS/c1-12-8-10(7-11)9-5-3-2-4-6-9/h2-6,10-11H,7-8H2,1H3. The van der Waals surface area contributed by atoms with E-state index >= 15 is 0 Å². The fourth-order valence-corrected chi connectivity index (χ4v) is 1.88. The molecule has 1 atom stereocenters. The van der Waals surface area contributed by atoms with Gasteiger partial charge in [-0.15, -0.1) is 0 Å². The molecule has 0 aliphatic rings. The Morgan fingerprint density at radius 1 is 1.33 bits per heavy atom. The monoisotopic (exact) mass is 182 g/mol. The van der Waals surface area contributed by atoms with Crippen molar-refractivity contribution in [3.8, 4) is 0 Å². The fourth-order valence-electron chi connectivity index (χ4n) is 1.18. The quantitative estimate of drug-likeness (QED) is 0.769. The van der Waals surface area contributed by atoms with Crippen LogP contribution in [0, 0.1) is 0 Å². The number of rotatable bonds is 4. The van der Waals surface area contributed by atoms with Gasteiger partial charge >= 0.3 is 0 Å². The van der Waals surface area contributed by atoms with Crippen molar-refractivity contribution in [2.75, 3.05) is 18.6 Å². The second kappa shape index (κ2) is 5.22. The molecular formula is C10H14OS. The molecule has 0 saturated carbocycles. The Labute approximate surface area is 77.8 Å². The first-order chi connectivity index (χ1) is 5.88. The highest BCUT2D eigenvalue weighted by Crippen LogP contribution is 2.18. The fraction of sp³-hybridized carbons (Fsp3) is 0.400. The Hall–Kier alpha value is -0.470. The minimum atomic E-state index is 0.241. The van der Waals surface area contributed by atoms with E-state index in [1.807, 2.05) is 18.2 Å². The molecule has 0 aliphatic carbocycles. The molecule has 1 unspecified atom stereocenters. The minimum Gasteiger partial charge on any atom is -0.396 e. The van der Waals surface area contributed by atoms with E-state index in [1.54, 1.807) is 11.8 Å². The van der Waals surface area contributed by atoms with Crippen molar-refractivity contribution in [3.63, 3.8) is 0 Å². The molecule has 1 N–H and O–H groups in total. The summed E-state index contributed by atoms with van der Waals surface area (Å²) in [6.07, 6.45) is 2.06. The maximum Gasteiger partial charge on any atom is 0.0507 e. The van der Waals surface area contributed by atoms with Crippen LogP contribution < -0.4 is 0 Å². The Bertz CT molecular complexity index is 210. The van der Waals surface area contributed by atoms with E-state index in [9.17, 15) is 0 Å². The summed E-state index contributed by atoms with van der Waals surface area (Å²) in [4.78, 5) is 0. The molecule has 2 heteroatoms. The van der Waals surface area contributed by atoms with Crippen LogP contribution in [0.3, 0.4) is 0 Å². The number of aliphatic hydroxyl groups excluding tert-OH is 1. The normalized spacial score (nSPS) is 12.8. The highest BCUT2D eigenvalue weighted by atomic mass is 32.2. The second-order valence-electron chi connectivity index (χ2n) is 2.75. The predicted molar refractivity (Wildman–Crippen MR) is 54.7 cm³/mol. The van der Waals surface area contributed by atoms with Gasteiger partial charge in [0.05, 0.1) is 6.61 Å². The van der Waals surface area contributed by atoms with Gasteiger partial charge in [0.15, 0.2) is 0 Å². The van der Waals surface area contributed by atoms with Gasteiger partial charge in [0, 0.05) is 11.7 Å². The van der Waals surface area contributed by atoms with E-state index < -0.39 is 0 Å². The van der Waals surface area contributed by atoms with Crippen molar-refractivity contribution in [2.24, 2.45) is 0 Å². The van der Waals surface area contributed by atoms with Crippen LogP contribution in [0.25, 0.3) is 0 Å². The first kappa shape index (κ1) is 9.62.